The van der Waals surface area contributed by atoms with E-state index >= 15 is 0 Å². The van der Waals surface area contributed by atoms with Gasteiger partial charge in [-0.15, -0.1) is 0 Å². The highest BCUT2D eigenvalue weighted by Crippen LogP contribution is 2.42. The van der Waals surface area contributed by atoms with Gasteiger partial charge in [0.05, 0.1) is 7.11 Å². The number of halogens is 1. The van der Waals surface area contributed by atoms with Crippen molar-refractivity contribution >= 4 is 45.9 Å². The zero-order chi connectivity index (χ0) is 16.6. The highest BCUT2D eigenvalue weighted by molar-refractivity contribution is 6.30. The molecule has 7 nitrogen and oxygen atoms in total. The Balaban J connectivity index is 1.70. The zero-order valence-electron chi connectivity index (χ0n) is 12.4. The number of hydrogen-bond acceptors (Lipinski definition) is 6. The van der Waals surface area contributed by atoms with Crippen LogP contribution >= 0.6 is 11.6 Å². The second kappa shape index (κ2) is 6.00. The van der Waals surface area contributed by atoms with Crippen molar-refractivity contribution in [3.63, 3.8) is 0 Å². The highest BCUT2D eigenvalue weighted by atomic mass is 35.5. The number of carbonyl (C=O) groups excluding carboxylic acids is 2. The molecule has 0 saturated heterocycles. The predicted molar refractivity (Wildman–Crippen MR) is 85.8 cm³/mol. The first-order valence-corrected chi connectivity index (χ1v) is 7.45. The normalized spacial score (nSPS) is 19.4. The minimum Gasteiger partial charge on any atom is -0.469 e. The van der Waals surface area contributed by atoms with Gasteiger partial charge in [-0.2, -0.15) is 0 Å². The molecule has 0 aromatic carbocycles. The van der Waals surface area contributed by atoms with Gasteiger partial charge in [0.1, 0.15) is 16.8 Å². The maximum atomic E-state index is 12.2. The summed E-state index contributed by atoms with van der Waals surface area (Å²) in [5.74, 6) is 0.103. The van der Waals surface area contributed by atoms with Crippen LogP contribution in [0, 0.1) is 11.8 Å². The number of nitrogens with zero attached hydrogens (tertiary/aromatic N) is 2. The van der Waals surface area contributed by atoms with Crippen molar-refractivity contribution in [2.45, 2.75) is 12.8 Å². The van der Waals surface area contributed by atoms with Gasteiger partial charge in [0, 0.05) is 23.9 Å². The molecule has 2 aromatic rings. The molecule has 0 spiro atoms. The molecule has 120 valence electrons. The summed E-state index contributed by atoms with van der Waals surface area (Å²) in [6.07, 6.45) is 2.48. The Hall–Kier alpha value is -2.41. The standard InChI is InChI=1S/C15H15ClN4O3/c1-23-13(21)5-7-2-9(7)15(22)20-12-4-8-3-11(16)19-14(17)10(8)6-18-12/h3-4,6-7,9H,2,5H2,1H3,(H2,17,19)(H,18,20,22)/t7-,9+/m0/s1. The van der Waals surface area contributed by atoms with Crippen molar-refractivity contribution in [1.29, 1.82) is 0 Å². The van der Waals surface area contributed by atoms with Crippen LogP contribution in [0.4, 0.5) is 11.6 Å². The number of hydrogen-bond donors (Lipinski definition) is 2. The predicted octanol–water partition coefficient (Wildman–Crippen LogP) is 2.00. The number of rotatable bonds is 4. The smallest absolute Gasteiger partial charge is 0.305 e. The van der Waals surface area contributed by atoms with Gasteiger partial charge in [-0.05, 0) is 29.9 Å². The van der Waals surface area contributed by atoms with E-state index in [-0.39, 0.29) is 35.3 Å². The molecule has 2 aromatic heterocycles. The number of aromatic nitrogens is 2. The number of methoxy groups -OCH3 is 1. The molecule has 0 bridgehead atoms. The van der Waals surface area contributed by atoms with Gasteiger partial charge in [0.2, 0.25) is 5.91 Å². The first-order chi connectivity index (χ1) is 11.0. The number of nitrogens with one attached hydrogen (secondary N) is 1. The molecule has 1 fully saturated rings. The zero-order valence-corrected chi connectivity index (χ0v) is 13.1. The van der Waals surface area contributed by atoms with Crippen LogP contribution in [0.5, 0.6) is 0 Å². The summed E-state index contributed by atoms with van der Waals surface area (Å²) in [5.41, 5.74) is 5.78. The van der Waals surface area contributed by atoms with E-state index in [1.807, 2.05) is 0 Å². The van der Waals surface area contributed by atoms with Gasteiger partial charge in [0.25, 0.3) is 0 Å². The summed E-state index contributed by atoms with van der Waals surface area (Å²) in [7, 11) is 1.34. The molecule has 3 rings (SSSR count). The molecule has 23 heavy (non-hydrogen) atoms. The molecule has 0 aliphatic heterocycles. The van der Waals surface area contributed by atoms with Gasteiger partial charge in [-0.25, -0.2) is 9.97 Å². The van der Waals surface area contributed by atoms with Crippen LogP contribution in [-0.4, -0.2) is 29.0 Å². The van der Waals surface area contributed by atoms with Crippen LogP contribution in [0.3, 0.4) is 0 Å². The van der Waals surface area contributed by atoms with Gasteiger partial charge in [-0.3, -0.25) is 9.59 Å². The van der Waals surface area contributed by atoms with Gasteiger partial charge in [0.15, 0.2) is 0 Å². The van der Waals surface area contributed by atoms with Crippen LogP contribution in [0.15, 0.2) is 18.3 Å². The monoisotopic (exact) mass is 334 g/mol. The lowest BCUT2D eigenvalue weighted by Gasteiger charge is -2.07. The summed E-state index contributed by atoms with van der Waals surface area (Å²) in [6, 6.07) is 3.34. The van der Waals surface area contributed by atoms with Crippen molar-refractivity contribution in [3.05, 3.63) is 23.5 Å². The molecule has 1 amide bonds. The first-order valence-electron chi connectivity index (χ1n) is 7.07. The van der Waals surface area contributed by atoms with Crippen LogP contribution in [0.1, 0.15) is 12.8 Å². The molecule has 3 N–H and O–H groups in total. The Bertz CT molecular complexity index is 796. The molecule has 1 saturated carbocycles. The van der Waals surface area contributed by atoms with Gasteiger partial charge in [-0.1, -0.05) is 11.6 Å². The van der Waals surface area contributed by atoms with Crippen molar-refractivity contribution in [2.24, 2.45) is 11.8 Å². The second-order valence-corrected chi connectivity index (χ2v) is 5.88. The summed E-state index contributed by atoms with van der Waals surface area (Å²) in [6.45, 7) is 0. The third-order valence-corrected chi connectivity index (χ3v) is 4.07. The number of pyridine rings is 2. The number of nitrogen functional groups attached to an aromatic ring is 1. The Kier molecular flexibility index (Phi) is 4.04. The SMILES string of the molecule is COC(=O)C[C@@H]1C[C@H]1C(=O)Nc1cc2cc(Cl)nc(N)c2cn1. The quantitative estimate of drug-likeness (QED) is 0.654. The second-order valence-electron chi connectivity index (χ2n) is 5.49. The number of carbonyl (C=O) groups is 2. The van der Waals surface area contributed by atoms with Crippen LogP contribution in [-0.2, 0) is 14.3 Å². The maximum absolute atomic E-state index is 12.2. The fraction of sp³-hybridized carbons (Fsp3) is 0.333. The van der Waals surface area contributed by atoms with E-state index in [4.69, 9.17) is 17.3 Å². The lowest BCUT2D eigenvalue weighted by Crippen LogP contribution is -2.16. The number of esters is 1. The minimum atomic E-state index is -0.299. The van der Waals surface area contributed by atoms with E-state index in [1.54, 1.807) is 18.3 Å². The number of nitrogens with two attached hydrogens (primary N) is 1. The fourth-order valence-corrected chi connectivity index (χ4v) is 2.73. The summed E-state index contributed by atoms with van der Waals surface area (Å²) in [5, 5.41) is 4.44. The van der Waals surface area contributed by atoms with Crippen molar-refractivity contribution in [1.82, 2.24) is 9.97 Å². The summed E-state index contributed by atoms with van der Waals surface area (Å²) >= 11 is 5.88. The van der Waals surface area contributed by atoms with Crippen molar-refractivity contribution < 1.29 is 14.3 Å². The Labute approximate surface area is 137 Å². The topological polar surface area (TPSA) is 107 Å². The van der Waals surface area contributed by atoms with Crippen LogP contribution < -0.4 is 11.1 Å². The third-order valence-electron chi connectivity index (χ3n) is 3.88. The molecule has 8 heteroatoms. The average molecular weight is 335 g/mol. The van der Waals surface area contributed by atoms with E-state index in [0.29, 0.717) is 23.4 Å². The molecule has 1 aliphatic rings. The molecular weight excluding hydrogens is 320 g/mol. The van der Waals surface area contributed by atoms with E-state index in [9.17, 15) is 9.59 Å². The Morgan fingerprint density at radius 1 is 1.48 bits per heavy atom. The van der Waals surface area contributed by atoms with E-state index < -0.39 is 0 Å². The van der Waals surface area contributed by atoms with Gasteiger partial charge >= 0.3 is 5.97 Å². The summed E-state index contributed by atoms with van der Waals surface area (Å²) in [4.78, 5) is 31.5. The van der Waals surface area contributed by atoms with E-state index in [2.05, 4.69) is 20.0 Å². The highest BCUT2D eigenvalue weighted by Gasteiger charge is 2.44. The maximum Gasteiger partial charge on any atom is 0.305 e. The molecule has 0 radical (unpaired) electrons. The largest absolute Gasteiger partial charge is 0.469 e. The average Bonchev–Trinajstić information content (AvgIpc) is 3.25. The third kappa shape index (κ3) is 3.34. The molecular formula is C15H15ClN4O3. The Morgan fingerprint density at radius 2 is 2.26 bits per heavy atom. The molecule has 1 aliphatic carbocycles. The van der Waals surface area contributed by atoms with Crippen LogP contribution in [0.25, 0.3) is 10.8 Å². The van der Waals surface area contributed by atoms with Crippen molar-refractivity contribution in [3.8, 4) is 0 Å². The molecule has 0 unspecified atom stereocenters. The van der Waals surface area contributed by atoms with Gasteiger partial charge < -0.3 is 15.8 Å². The van der Waals surface area contributed by atoms with E-state index in [0.717, 1.165) is 5.39 Å². The lowest BCUT2D eigenvalue weighted by molar-refractivity contribution is -0.141. The van der Waals surface area contributed by atoms with E-state index in [1.165, 1.54) is 7.11 Å². The lowest BCUT2D eigenvalue weighted by atomic mass is 10.2. The number of anilines is 2. The van der Waals surface area contributed by atoms with Crippen LogP contribution in [0.2, 0.25) is 5.15 Å². The summed E-state index contributed by atoms with van der Waals surface area (Å²) < 4.78 is 4.60. The number of fused-ring (bicyclic) bond motifs is 1. The van der Waals surface area contributed by atoms with Crippen molar-refractivity contribution in [2.75, 3.05) is 18.2 Å². The molecule has 2 heterocycles. The number of ether oxygens (including phenoxy) is 1. The first kappa shape index (κ1) is 15.5. The number of amides is 1. The minimum absolute atomic E-state index is 0.0391. The Morgan fingerprint density at radius 3 is 3.00 bits per heavy atom. The molecule has 2 atom stereocenters. The fourth-order valence-electron chi connectivity index (χ4n) is 2.52.